The van der Waals surface area contributed by atoms with Crippen LogP contribution in [0.15, 0.2) is 53.5 Å². The summed E-state index contributed by atoms with van der Waals surface area (Å²) in [6.45, 7) is 0. The monoisotopic (exact) mass is 342 g/mol. The van der Waals surface area contributed by atoms with E-state index in [1.165, 1.54) is 0 Å². The molecule has 0 aliphatic carbocycles. The normalized spacial score (nSPS) is 12.2. The highest BCUT2D eigenvalue weighted by molar-refractivity contribution is 7.92. The molecule has 0 radical (unpaired) electrons. The van der Waals surface area contributed by atoms with Gasteiger partial charge in [-0.15, -0.1) is 0 Å². The summed E-state index contributed by atoms with van der Waals surface area (Å²) in [5.41, 5.74) is 2.46. The van der Waals surface area contributed by atoms with E-state index >= 15 is 0 Å². The summed E-state index contributed by atoms with van der Waals surface area (Å²) < 4.78 is 21.3. The molecule has 0 spiro atoms. The number of hydrogen-bond acceptors (Lipinski definition) is 4. The van der Waals surface area contributed by atoms with Gasteiger partial charge in [-0.3, -0.25) is 4.79 Å². The van der Waals surface area contributed by atoms with E-state index in [-0.39, 0.29) is 5.56 Å². The Hall–Kier alpha value is -2.44. The minimum absolute atomic E-state index is 0.0316. The molecule has 0 amide bonds. The molecule has 1 heterocycles. The lowest BCUT2D eigenvalue weighted by molar-refractivity contribution is 0.417. The van der Waals surface area contributed by atoms with Crippen molar-refractivity contribution < 1.29 is 9.29 Å². The average molecular weight is 342 g/mol. The molecule has 1 aromatic heterocycles. The molecule has 1 atom stereocenters. The largest absolute Gasteiger partial charge is 0.593 e. The van der Waals surface area contributed by atoms with E-state index < -0.39 is 11.4 Å². The second kappa shape index (κ2) is 6.59. The molecule has 0 aliphatic heterocycles. The second-order valence-corrected chi connectivity index (χ2v) is 6.59. The molecule has 5 nitrogen and oxygen atoms in total. The van der Waals surface area contributed by atoms with Crippen LogP contribution in [0.5, 0.6) is 5.75 Å². The summed E-state index contributed by atoms with van der Waals surface area (Å²) in [7, 11) is 3.31. The van der Waals surface area contributed by atoms with E-state index in [9.17, 15) is 9.35 Å². The van der Waals surface area contributed by atoms with Gasteiger partial charge in [-0.05, 0) is 29.1 Å². The van der Waals surface area contributed by atoms with Crippen LogP contribution in [-0.2, 0) is 18.4 Å². The number of pyridine rings is 1. The van der Waals surface area contributed by atoms with Gasteiger partial charge in [0.2, 0.25) is 0 Å². The fourth-order valence-corrected chi connectivity index (χ4v) is 3.23. The van der Waals surface area contributed by atoms with Crippen LogP contribution in [-0.4, -0.2) is 22.5 Å². The highest BCUT2D eigenvalue weighted by Crippen LogP contribution is 2.33. The molecular formula is C18H18N2O3S. The molecule has 24 heavy (non-hydrogen) atoms. The first-order valence-electron chi connectivity index (χ1n) is 7.38. The zero-order valence-corrected chi connectivity index (χ0v) is 14.5. The minimum atomic E-state index is -1.21. The Morgan fingerprint density at radius 3 is 2.54 bits per heavy atom. The zero-order chi connectivity index (χ0) is 17.3. The molecule has 0 fully saturated rings. The molecule has 1 unspecified atom stereocenters. The summed E-state index contributed by atoms with van der Waals surface area (Å²) in [6, 6.07) is 13.2. The van der Waals surface area contributed by atoms with E-state index in [0.717, 1.165) is 16.5 Å². The Bertz CT molecular complexity index is 951. The predicted molar refractivity (Wildman–Crippen MR) is 98.9 cm³/mol. The van der Waals surface area contributed by atoms with Gasteiger partial charge in [0, 0.05) is 24.2 Å². The van der Waals surface area contributed by atoms with E-state index in [2.05, 4.69) is 4.72 Å². The van der Waals surface area contributed by atoms with Crippen molar-refractivity contribution in [2.45, 2.75) is 0 Å². The molecule has 124 valence electrons. The van der Waals surface area contributed by atoms with Crippen molar-refractivity contribution in [1.82, 2.24) is 4.57 Å². The number of ether oxygens (including phenoxy) is 1. The first kappa shape index (κ1) is 16.4. The van der Waals surface area contributed by atoms with Crippen molar-refractivity contribution in [1.29, 1.82) is 0 Å². The highest BCUT2D eigenvalue weighted by Gasteiger charge is 2.13. The van der Waals surface area contributed by atoms with E-state index in [1.807, 2.05) is 48.7 Å². The van der Waals surface area contributed by atoms with Gasteiger partial charge in [0.05, 0.1) is 18.5 Å². The Labute approximate surface area is 143 Å². The van der Waals surface area contributed by atoms with Gasteiger partial charge < -0.3 is 13.9 Å². The fraction of sp³-hybridized carbons (Fsp3) is 0.167. The number of rotatable bonds is 4. The summed E-state index contributed by atoms with van der Waals surface area (Å²) in [6.07, 6.45) is 3.38. The van der Waals surface area contributed by atoms with Crippen LogP contribution in [0.2, 0.25) is 0 Å². The summed E-state index contributed by atoms with van der Waals surface area (Å²) in [5, 5.41) is 1.55. The first-order valence-corrected chi connectivity index (χ1v) is 8.94. The van der Waals surface area contributed by atoms with Crippen molar-refractivity contribution in [2.75, 3.05) is 18.1 Å². The van der Waals surface area contributed by atoms with Gasteiger partial charge in [0.15, 0.2) is 0 Å². The SMILES string of the molecule is COc1ccc(-c2cn(C)c(=O)c3ccccc23)cc1N[S+](C)[O-]. The second-order valence-electron chi connectivity index (χ2n) is 5.48. The van der Waals surface area contributed by atoms with Crippen LogP contribution in [0.1, 0.15) is 0 Å². The lowest BCUT2D eigenvalue weighted by atomic mass is 10.00. The average Bonchev–Trinajstić information content (AvgIpc) is 2.57. The lowest BCUT2D eigenvalue weighted by Crippen LogP contribution is -2.16. The zero-order valence-electron chi connectivity index (χ0n) is 13.7. The number of hydrogen-bond donors (Lipinski definition) is 1. The maximum atomic E-state index is 12.3. The van der Waals surface area contributed by atoms with Crippen molar-refractivity contribution >= 4 is 27.8 Å². The Kier molecular flexibility index (Phi) is 4.51. The van der Waals surface area contributed by atoms with Crippen molar-refractivity contribution in [3.63, 3.8) is 0 Å². The van der Waals surface area contributed by atoms with Crippen LogP contribution >= 0.6 is 0 Å². The molecule has 2 aromatic carbocycles. The number of methoxy groups -OCH3 is 1. The van der Waals surface area contributed by atoms with Crippen LogP contribution in [0.3, 0.4) is 0 Å². The topological polar surface area (TPSA) is 66.3 Å². The van der Waals surface area contributed by atoms with E-state index in [4.69, 9.17) is 4.74 Å². The fourth-order valence-electron chi connectivity index (χ4n) is 2.76. The number of anilines is 1. The van der Waals surface area contributed by atoms with Crippen LogP contribution in [0, 0.1) is 0 Å². The number of fused-ring (bicyclic) bond motifs is 1. The van der Waals surface area contributed by atoms with Gasteiger partial charge in [-0.25, -0.2) is 4.72 Å². The summed E-state index contributed by atoms with van der Waals surface area (Å²) in [5.74, 6) is 0.614. The van der Waals surface area contributed by atoms with E-state index in [0.29, 0.717) is 16.8 Å². The molecular weight excluding hydrogens is 324 g/mol. The minimum Gasteiger partial charge on any atom is -0.593 e. The smallest absolute Gasteiger partial charge is 0.258 e. The Morgan fingerprint density at radius 1 is 1.17 bits per heavy atom. The van der Waals surface area contributed by atoms with Gasteiger partial charge in [0.25, 0.3) is 5.56 Å². The number of nitrogens with zero attached hydrogens (tertiary/aromatic N) is 1. The molecule has 0 bridgehead atoms. The molecule has 0 saturated carbocycles. The third-order valence-electron chi connectivity index (χ3n) is 3.85. The van der Waals surface area contributed by atoms with Gasteiger partial charge in [0.1, 0.15) is 17.7 Å². The predicted octanol–water partition coefficient (Wildman–Crippen LogP) is 2.92. The third kappa shape index (κ3) is 2.98. The third-order valence-corrected chi connectivity index (χ3v) is 4.36. The maximum Gasteiger partial charge on any atom is 0.258 e. The van der Waals surface area contributed by atoms with Crippen LogP contribution in [0.25, 0.3) is 21.9 Å². The molecule has 1 N–H and O–H groups in total. The van der Waals surface area contributed by atoms with Gasteiger partial charge in [-0.1, -0.05) is 24.3 Å². The first-order chi connectivity index (χ1) is 11.5. The van der Waals surface area contributed by atoms with Gasteiger partial charge in [-0.2, -0.15) is 0 Å². The number of nitrogens with one attached hydrogen (secondary N) is 1. The molecule has 0 aliphatic rings. The Balaban J connectivity index is 2.24. The number of aryl methyl sites for hydroxylation is 1. The molecule has 6 heteroatoms. The standard InChI is InChI=1S/C18H18N2O3S/c1-20-11-15(13-6-4-5-7-14(13)18(20)21)12-8-9-17(23-2)16(10-12)19-24(3)22/h4-11,19H,1-3H3. The molecule has 3 rings (SSSR count). The molecule has 0 saturated heterocycles. The van der Waals surface area contributed by atoms with Crippen molar-refractivity contribution in [3.05, 3.63) is 59.0 Å². The highest BCUT2D eigenvalue weighted by atomic mass is 32.2. The van der Waals surface area contributed by atoms with E-state index in [1.54, 1.807) is 25.0 Å². The lowest BCUT2D eigenvalue weighted by Gasteiger charge is -2.14. The summed E-state index contributed by atoms with van der Waals surface area (Å²) >= 11 is -1.21. The number of benzene rings is 2. The van der Waals surface area contributed by atoms with Crippen molar-refractivity contribution in [2.24, 2.45) is 7.05 Å². The summed E-state index contributed by atoms with van der Waals surface area (Å²) in [4.78, 5) is 12.3. The number of aromatic nitrogens is 1. The van der Waals surface area contributed by atoms with Crippen LogP contribution in [0.4, 0.5) is 5.69 Å². The van der Waals surface area contributed by atoms with Crippen molar-refractivity contribution in [3.8, 4) is 16.9 Å². The Morgan fingerprint density at radius 2 is 1.88 bits per heavy atom. The molecule has 3 aromatic rings. The van der Waals surface area contributed by atoms with Gasteiger partial charge >= 0.3 is 0 Å². The maximum absolute atomic E-state index is 12.3. The quantitative estimate of drug-likeness (QED) is 0.740. The van der Waals surface area contributed by atoms with Crippen LogP contribution < -0.4 is 15.0 Å².